The third-order valence-corrected chi connectivity index (χ3v) is 2.28. The molecule has 0 spiro atoms. The average molecular weight is 252 g/mol. The molecule has 0 amide bonds. The molecule has 0 aliphatic carbocycles. The van der Waals surface area contributed by atoms with Crippen molar-refractivity contribution in [2.75, 3.05) is 5.73 Å². The molecule has 6 heteroatoms. The molecule has 0 aliphatic heterocycles. The van der Waals surface area contributed by atoms with Crippen LogP contribution in [0.2, 0.25) is 5.02 Å². The molecule has 2 aromatic rings. The zero-order valence-corrected chi connectivity index (χ0v) is 11.8. The van der Waals surface area contributed by atoms with Crippen LogP contribution in [0.25, 0.3) is 0 Å². The maximum atomic E-state index is 8.48. The summed E-state index contributed by atoms with van der Waals surface area (Å²) in [6.45, 7) is 0. The molecule has 1 radical (unpaired) electrons. The number of thiophene rings is 1. The normalized spacial score (nSPS) is 8.33. The number of rotatable bonds is 0. The van der Waals surface area contributed by atoms with Crippen molar-refractivity contribution in [1.29, 1.82) is 0 Å². The molecule has 0 aromatic carbocycles. The van der Waals surface area contributed by atoms with E-state index in [0.29, 0.717) is 16.6 Å². The van der Waals surface area contributed by atoms with Gasteiger partial charge in [-0.3, -0.25) is 0 Å². The van der Waals surface area contributed by atoms with Crippen LogP contribution in [0.15, 0.2) is 35.2 Å². The van der Waals surface area contributed by atoms with E-state index >= 15 is 0 Å². The Morgan fingerprint density at radius 3 is 2.40 bits per heavy atom. The Morgan fingerprint density at radius 1 is 1.40 bits per heavy atom. The van der Waals surface area contributed by atoms with Crippen molar-refractivity contribution in [3.05, 3.63) is 40.2 Å². The third kappa shape index (κ3) is 6.02. The molecular formula is C9H9ClN2NaOS. The van der Waals surface area contributed by atoms with Crippen molar-refractivity contribution < 1.29 is 5.11 Å². The van der Waals surface area contributed by atoms with E-state index < -0.39 is 0 Å². The van der Waals surface area contributed by atoms with Crippen LogP contribution >= 0.6 is 22.9 Å². The van der Waals surface area contributed by atoms with Gasteiger partial charge < -0.3 is 10.8 Å². The van der Waals surface area contributed by atoms with E-state index in [1.54, 1.807) is 29.8 Å². The Balaban J connectivity index is 0.000000253. The molecule has 0 bridgehead atoms. The summed E-state index contributed by atoms with van der Waals surface area (Å²) in [5.41, 5.74) is 5.28. The summed E-state index contributed by atoms with van der Waals surface area (Å²) in [5.74, 6) is 0.745. The van der Waals surface area contributed by atoms with Crippen molar-refractivity contribution >= 4 is 58.3 Å². The average Bonchev–Trinajstić information content (AvgIpc) is 2.63. The minimum Gasteiger partial charge on any atom is -0.507 e. The van der Waals surface area contributed by atoms with E-state index in [4.69, 9.17) is 22.4 Å². The van der Waals surface area contributed by atoms with Gasteiger partial charge in [0, 0.05) is 41.1 Å². The molecule has 2 heterocycles. The van der Waals surface area contributed by atoms with Gasteiger partial charge >= 0.3 is 0 Å². The number of hydrogen-bond acceptors (Lipinski definition) is 4. The summed E-state index contributed by atoms with van der Waals surface area (Å²) in [6, 6.07) is 5.09. The van der Waals surface area contributed by atoms with Gasteiger partial charge in [-0.1, -0.05) is 11.6 Å². The Bertz CT molecular complexity index is 362. The fourth-order valence-electron chi connectivity index (χ4n) is 0.655. The molecule has 3 nitrogen and oxygen atoms in total. The van der Waals surface area contributed by atoms with Gasteiger partial charge in [0.2, 0.25) is 0 Å². The van der Waals surface area contributed by atoms with Crippen LogP contribution in [0.4, 0.5) is 5.82 Å². The summed E-state index contributed by atoms with van der Waals surface area (Å²) in [5, 5.41) is 12.5. The Hall–Kier alpha value is -0.260. The van der Waals surface area contributed by atoms with E-state index in [0.717, 1.165) is 0 Å². The third-order valence-electron chi connectivity index (χ3n) is 1.29. The van der Waals surface area contributed by atoms with Crippen LogP contribution in [0.5, 0.6) is 5.75 Å². The topological polar surface area (TPSA) is 59.1 Å². The molecule has 0 saturated heterocycles. The first kappa shape index (κ1) is 14.7. The van der Waals surface area contributed by atoms with Crippen molar-refractivity contribution in [3.63, 3.8) is 0 Å². The zero-order chi connectivity index (χ0) is 10.4. The van der Waals surface area contributed by atoms with Crippen molar-refractivity contribution in [1.82, 2.24) is 4.98 Å². The zero-order valence-electron chi connectivity index (χ0n) is 8.22. The molecule has 0 aliphatic rings. The first-order valence-corrected chi connectivity index (χ1v) is 5.09. The number of aromatic nitrogens is 1. The summed E-state index contributed by atoms with van der Waals surface area (Å²) in [4.78, 5) is 3.72. The van der Waals surface area contributed by atoms with Crippen molar-refractivity contribution in [2.45, 2.75) is 0 Å². The number of nitrogen functional groups attached to an aromatic ring is 1. The molecule has 3 N–H and O–H groups in total. The Morgan fingerprint density at radius 2 is 2.13 bits per heavy atom. The first-order chi connectivity index (χ1) is 6.70. The molecule has 2 rings (SSSR count). The van der Waals surface area contributed by atoms with E-state index in [1.165, 1.54) is 11.3 Å². The van der Waals surface area contributed by atoms with Crippen LogP contribution in [-0.2, 0) is 0 Å². The number of nitrogens with two attached hydrogens (primary N) is 1. The molecule has 0 unspecified atom stereocenters. The molecule has 0 saturated carbocycles. The second-order valence-electron chi connectivity index (χ2n) is 2.35. The van der Waals surface area contributed by atoms with Gasteiger partial charge in [0.25, 0.3) is 0 Å². The second-order valence-corrected chi connectivity index (χ2v) is 3.54. The Labute approximate surface area is 119 Å². The molecule has 0 fully saturated rings. The number of nitrogens with zero attached hydrogens (tertiary/aromatic N) is 1. The summed E-state index contributed by atoms with van der Waals surface area (Å²) < 4.78 is 0. The minimum atomic E-state index is 0. The number of halogens is 1. The van der Waals surface area contributed by atoms with Gasteiger partial charge in [0.1, 0.15) is 11.6 Å². The van der Waals surface area contributed by atoms with Crippen LogP contribution in [0.1, 0.15) is 0 Å². The number of aromatic hydroxyl groups is 1. The van der Waals surface area contributed by atoms with E-state index in [-0.39, 0.29) is 29.6 Å². The summed E-state index contributed by atoms with van der Waals surface area (Å²) in [7, 11) is 0. The molecule has 15 heavy (non-hydrogen) atoms. The molecule has 0 atom stereocenters. The minimum absolute atomic E-state index is 0. The fraction of sp³-hybridized carbons (Fsp3) is 0. The van der Waals surface area contributed by atoms with Gasteiger partial charge in [-0.05, 0) is 23.6 Å². The number of anilines is 1. The van der Waals surface area contributed by atoms with E-state index in [1.807, 2.05) is 5.38 Å². The van der Waals surface area contributed by atoms with Crippen molar-refractivity contribution in [3.8, 4) is 5.75 Å². The van der Waals surface area contributed by atoms with Gasteiger partial charge in [-0.25, -0.2) is 4.98 Å². The predicted octanol–water partition coefficient (Wildman–Crippen LogP) is 2.39. The predicted molar refractivity (Wildman–Crippen MR) is 65.4 cm³/mol. The standard InChI is InChI=1S/C5H5ClN2.C4H4OS.Na/c6-4-2-1-3-8-5(4)7;5-4-1-2-6-3-4;/h1-3H,(H2,7,8);1-3,5H;. The quantitative estimate of drug-likeness (QED) is 0.707. The summed E-state index contributed by atoms with van der Waals surface area (Å²) in [6.07, 6.45) is 1.60. The van der Waals surface area contributed by atoms with Gasteiger partial charge in [-0.2, -0.15) is 0 Å². The molecule has 75 valence electrons. The van der Waals surface area contributed by atoms with Gasteiger partial charge in [0.05, 0.1) is 5.02 Å². The van der Waals surface area contributed by atoms with Gasteiger partial charge in [-0.15, -0.1) is 11.3 Å². The SMILES string of the molecule is Nc1ncccc1Cl.Oc1ccsc1.[Na]. The first-order valence-electron chi connectivity index (χ1n) is 3.77. The van der Waals surface area contributed by atoms with Crippen LogP contribution in [-0.4, -0.2) is 39.6 Å². The largest absolute Gasteiger partial charge is 0.507 e. The van der Waals surface area contributed by atoms with Crippen molar-refractivity contribution in [2.24, 2.45) is 0 Å². The van der Waals surface area contributed by atoms with Crippen LogP contribution < -0.4 is 5.73 Å². The second kappa shape index (κ2) is 7.96. The van der Waals surface area contributed by atoms with E-state index in [2.05, 4.69) is 4.98 Å². The van der Waals surface area contributed by atoms with Crippen LogP contribution in [0, 0.1) is 0 Å². The fourth-order valence-corrected chi connectivity index (χ4v) is 1.29. The Kier molecular flexibility index (Phi) is 7.82. The van der Waals surface area contributed by atoms with Crippen LogP contribution in [0.3, 0.4) is 0 Å². The van der Waals surface area contributed by atoms with Gasteiger partial charge in [0.15, 0.2) is 0 Å². The molecular weight excluding hydrogens is 243 g/mol. The maximum Gasteiger partial charge on any atom is 0.142 e. The maximum absolute atomic E-state index is 8.48. The number of pyridine rings is 1. The smallest absolute Gasteiger partial charge is 0.142 e. The summed E-state index contributed by atoms with van der Waals surface area (Å²) >= 11 is 7.01. The number of hydrogen-bond donors (Lipinski definition) is 2. The molecule has 2 aromatic heterocycles. The van der Waals surface area contributed by atoms with E-state index in [9.17, 15) is 0 Å². The monoisotopic (exact) mass is 251 g/mol.